The van der Waals surface area contributed by atoms with Gasteiger partial charge in [-0.1, -0.05) is 12.2 Å². The average molecular weight is 265 g/mol. The van der Waals surface area contributed by atoms with Crippen LogP contribution in [0, 0.1) is 6.42 Å². The van der Waals surface area contributed by atoms with Gasteiger partial charge >= 0.3 is 0 Å². The Morgan fingerprint density at radius 1 is 1.16 bits per heavy atom. The predicted octanol–water partition coefficient (Wildman–Crippen LogP) is 2.04. The molecule has 0 saturated carbocycles. The monoisotopic (exact) mass is 265 g/mol. The molecule has 0 rings (SSSR count). The Labute approximate surface area is 116 Å². The zero-order chi connectivity index (χ0) is 14.7. The molecule has 0 saturated heterocycles. The first-order chi connectivity index (χ1) is 9.02. The van der Waals surface area contributed by atoms with Crippen LogP contribution in [0.15, 0.2) is 25.3 Å². The molecule has 0 unspecified atom stereocenters. The number of unbranched alkanes of at least 4 members (excludes halogenated alkanes) is 2. The summed E-state index contributed by atoms with van der Waals surface area (Å²) in [6.07, 6.45) is 7.53. The first-order valence-electron chi connectivity index (χ1n) is 6.55. The second kappa shape index (κ2) is 10.4. The lowest BCUT2D eigenvalue weighted by Crippen LogP contribution is -2.31. The minimum Gasteiger partial charge on any atom is -0.346 e. The van der Waals surface area contributed by atoms with Crippen molar-refractivity contribution < 1.29 is 9.59 Å². The summed E-state index contributed by atoms with van der Waals surface area (Å²) < 4.78 is 0. The van der Waals surface area contributed by atoms with Crippen LogP contribution < -0.4 is 0 Å². The van der Waals surface area contributed by atoms with Crippen molar-refractivity contribution in [3.05, 3.63) is 31.7 Å². The van der Waals surface area contributed by atoms with Gasteiger partial charge in [0.25, 0.3) is 0 Å². The van der Waals surface area contributed by atoms with Crippen molar-refractivity contribution in [1.82, 2.24) is 9.80 Å². The highest BCUT2D eigenvalue weighted by molar-refractivity contribution is 5.77. The van der Waals surface area contributed by atoms with Crippen LogP contribution in [-0.4, -0.2) is 48.3 Å². The largest absolute Gasteiger partial charge is 0.346 e. The quantitative estimate of drug-likeness (QED) is 0.448. The fraction of sp³-hybridized carbons (Fsp3) is 0.533. The van der Waals surface area contributed by atoms with Gasteiger partial charge in [0, 0.05) is 40.0 Å². The van der Waals surface area contributed by atoms with Crippen molar-refractivity contribution in [2.75, 3.05) is 26.7 Å². The zero-order valence-electron chi connectivity index (χ0n) is 12.1. The maximum absolute atomic E-state index is 11.9. The summed E-state index contributed by atoms with van der Waals surface area (Å²) in [5, 5.41) is 0. The summed E-state index contributed by atoms with van der Waals surface area (Å²) in [6, 6.07) is 0. The van der Waals surface area contributed by atoms with E-state index in [9.17, 15) is 9.59 Å². The molecule has 0 aliphatic rings. The third-order valence-electron chi connectivity index (χ3n) is 2.81. The van der Waals surface area contributed by atoms with Crippen LogP contribution in [0.5, 0.6) is 0 Å². The summed E-state index contributed by atoms with van der Waals surface area (Å²) in [5.41, 5.74) is 0. The molecule has 0 N–H and O–H groups in total. The third kappa shape index (κ3) is 8.19. The SMILES string of the molecule is C=CCN(CC=C)C(=O)C[CH]CCCN(C)C(C)=O. The topological polar surface area (TPSA) is 40.6 Å². The zero-order valence-corrected chi connectivity index (χ0v) is 12.1. The van der Waals surface area contributed by atoms with Crippen molar-refractivity contribution in [2.24, 2.45) is 0 Å². The molecule has 0 spiro atoms. The summed E-state index contributed by atoms with van der Waals surface area (Å²) in [5.74, 6) is 0.152. The van der Waals surface area contributed by atoms with Crippen LogP contribution in [0.1, 0.15) is 26.2 Å². The number of carbonyl (C=O) groups excluding carboxylic acids is 2. The third-order valence-corrected chi connectivity index (χ3v) is 2.81. The van der Waals surface area contributed by atoms with Crippen molar-refractivity contribution in [3.8, 4) is 0 Å². The van der Waals surface area contributed by atoms with Crippen molar-refractivity contribution in [2.45, 2.75) is 26.2 Å². The van der Waals surface area contributed by atoms with Gasteiger partial charge in [0.2, 0.25) is 11.8 Å². The van der Waals surface area contributed by atoms with Gasteiger partial charge in [-0.15, -0.1) is 13.2 Å². The molecule has 0 aromatic rings. The maximum Gasteiger partial charge on any atom is 0.223 e. The normalized spacial score (nSPS) is 9.79. The van der Waals surface area contributed by atoms with E-state index in [1.165, 1.54) is 0 Å². The Bertz CT molecular complexity index is 303. The lowest BCUT2D eigenvalue weighted by Gasteiger charge is -2.19. The molecule has 0 bridgehead atoms. The number of nitrogens with zero attached hydrogens (tertiary/aromatic N) is 2. The Balaban J connectivity index is 3.80. The Morgan fingerprint density at radius 3 is 2.21 bits per heavy atom. The molecular formula is C15H25N2O2. The lowest BCUT2D eigenvalue weighted by molar-refractivity contribution is -0.130. The van der Waals surface area contributed by atoms with Crippen LogP contribution in [0.25, 0.3) is 0 Å². The average Bonchev–Trinajstić information content (AvgIpc) is 2.37. The van der Waals surface area contributed by atoms with Crippen LogP contribution in [0.2, 0.25) is 0 Å². The molecule has 19 heavy (non-hydrogen) atoms. The highest BCUT2D eigenvalue weighted by Gasteiger charge is 2.10. The van der Waals surface area contributed by atoms with Gasteiger partial charge < -0.3 is 9.80 Å². The molecule has 2 amide bonds. The first-order valence-corrected chi connectivity index (χ1v) is 6.55. The second-order valence-electron chi connectivity index (χ2n) is 4.45. The van der Waals surface area contributed by atoms with E-state index in [-0.39, 0.29) is 11.8 Å². The van der Waals surface area contributed by atoms with Crippen molar-refractivity contribution in [3.63, 3.8) is 0 Å². The number of amides is 2. The van der Waals surface area contributed by atoms with E-state index in [1.54, 1.807) is 35.9 Å². The van der Waals surface area contributed by atoms with Crippen LogP contribution in [-0.2, 0) is 9.59 Å². The molecule has 1 radical (unpaired) electrons. The first kappa shape index (κ1) is 17.4. The van der Waals surface area contributed by atoms with Crippen molar-refractivity contribution >= 4 is 11.8 Å². The van der Waals surface area contributed by atoms with Crippen molar-refractivity contribution in [1.29, 1.82) is 0 Å². The standard InChI is InChI=1S/C15H25N2O2/c1-5-11-17(12-6-2)15(19)10-8-7-9-13-16(4)14(3)18/h5-6,8H,1-2,7,9-13H2,3-4H3. The van der Waals surface area contributed by atoms with Gasteiger partial charge in [0.1, 0.15) is 0 Å². The van der Waals surface area contributed by atoms with Crippen LogP contribution in [0.4, 0.5) is 0 Å². The lowest BCUT2D eigenvalue weighted by atomic mass is 10.1. The molecule has 0 atom stereocenters. The van der Waals surface area contributed by atoms with Gasteiger partial charge in [-0.05, 0) is 19.3 Å². The molecular weight excluding hydrogens is 240 g/mol. The van der Waals surface area contributed by atoms with E-state index < -0.39 is 0 Å². The highest BCUT2D eigenvalue weighted by Crippen LogP contribution is 2.04. The van der Waals surface area contributed by atoms with Gasteiger partial charge in [0.15, 0.2) is 0 Å². The fourth-order valence-electron chi connectivity index (χ4n) is 1.57. The Morgan fingerprint density at radius 2 is 1.74 bits per heavy atom. The van der Waals surface area contributed by atoms with Crippen LogP contribution in [0.3, 0.4) is 0 Å². The minimum absolute atomic E-state index is 0.0687. The van der Waals surface area contributed by atoms with Gasteiger partial charge in [-0.3, -0.25) is 9.59 Å². The van der Waals surface area contributed by atoms with Gasteiger partial charge in [0.05, 0.1) is 0 Å². The maximum atomic E-state index is 11.9. The number of carbonyl (C=O) groups is 2. The molecule has 4 nitrogen and oxygen atoms in total. The van der Waals surface area contributed by atoms with E-state index in [2.05, 4.69) is 13.2 Å². The van der Waals surface area contributed by atoms with E-state index in [0.717, 1.165) is 19.4 Å². The predicted molar refractivity (Wildman–Crippen MR) is 78.4 cm³/mol. The summed E-state index contributed by atoms with van der Waals surface area (Å²) >= 11 is 0. The molecule has 107 valence electrons. The molecule has 0 aromatic heterocycles. The highest BCUT2D eigenvalue weighted by atomic mass is 16.2. The molecule has 0 fully saturated rings. The van der Waals surface area contributed by atoms with Gasteiger partial charge in [-0.2, -0.15) is 0 Å². The minimum atomic E-state index is 0.0687. The Hall–Kier alpha value is -1.58. The summed E-state index contributed by atoms with van der Waals surface area (Å²) in [6.45, 7) is 10.6. The number of hydrogen-bond acceptors (Lipinski definition) is 2. The van der Waals surface area contributed by atoms with E-state index >= 15 is 0 Å². The van der Waals surface area contributed by atoms with E-state index in [0.29, 0.717) is 19.5 Å². The van der Waals surface area contributed by atoms with E-state index in [4.69, 9.17) is 0 Å². The van der Waals surface area contributed by atoms with E-state index in [1.807, 2.05) is 6.42 Å². The summed E-state index contributed by atoms with van der Waals surface area (Å²) in [7, 11) is 1.78. The smallest absolute Gasteiger partial charge is 0.223 e. The molecule has 0 aliphatic carbocycles. The Kier molecular flexibility index (Phi) is 9.49. The number of rotatable bonds is 10. The fourth-order valence-corrected chi connectivity index (χ4v) is 1.57. The molecule has 0 heterocycles. The van der Waals surface area contributed by atoms with Crippen LogP contribution >= 0.6 is 0 Å². The second-order valence-corrected chi connectivity index (χ2v) is 4.45. The number of hydrogen-bond donors (Lipinski definition) is 0. The van der Waals surface area contributed by atoms with Gasteiger partial charge in [-0.25, -0.2) is 0 Å². The molecule has 0 aromatic carbocycles. The summed E-state index contributed by atoms with van der Waals surface area (Å²) in [4.78, 5) is 26.2. The molecule has 4 heteroatoms. The molecule has 0 aliphatic heterocycles.